The summed E-state index contributed by atoms with van der Waals surface area (Å²) in [5.41, 5.74) is 2.59. The zero-order valence-corrected chi connectivity index (χ0v) is 12.8. The molecule has 0 radical (unpaired) electrons. The summed E-state index contributed by atoms with van der Waals surface area (Å²) in [6.07, 6.45) is 1.91. The van der Waals surface area contributed by atoms with Gasteiger partial charge in [0.15, 0.2) is 0 Å². The van der Waals surface area contributed by atoms with Crippen LogP contribution in [-0.2, 0) is 17.8 Å². The van der Waals surface area contributed by atoms with Gasteiger partial charge in [-0.25, -0.2) is 0 Å². The molecule has 0 heterocycles. The Morgan fingerprint density at radius 3 is 2.05 bits per heavy atom. The molecule has 22 heavy (non-hydrogen) atoms. The van der Waals surface area contributed by atoms with Crippen LogP contribution in [0.5, 0.6) is 0 Å². The highest BCUT2D eigenvalue weighted by Crippen LogP contribution is 2.08. The summed E-state index contributed by atoms with van der Waals surface area (Å²) >= 11 is 0. The van der Waals surface area contributed by atoms with Crippen molar-refractivity contribution < 1.29 is 9.90 Å². The first-order valence-electron chi connectivity index (χ1n) is 7.76. The molecule has 0 fully saturated rings. The number of nitrogens with zero attached hydrogens (tertiary/aromatic N) is 1. The molecular formula is C19H23NO2. The third-order valence-electron chi connectivity index (χ3n) is 3.67. The zero-order valence-electron chi connectivity index (χ0n) is 12.8. The normalized spacial score (nSPS) is 10.8. The molecule has 3 nitrogen and oxygen atoms in total. The SMILES string of the molecule is O=C(O)CCCN(CCc1ccccc1)Cc1ccccc1. The van der Waals surface area contributed by atoms with Crippen molar-refractivity contribution in [2.75, 3.05) is 13.1 Å². The zero-order chi connectivity index (χ0) is 15.6. The first-order chi connectivity index (χ1) is 10.7. The number of aliphatic carboxylic acids is 1. The summed E-state index contributed by atoms with van der Waals surface area (Å²) < 4.78 is 0. The Balaban J connectivity index is 1.90. The van der Waals surface area contributed by atoms with Crippen molar-refractivity contribution in [1.82, 2.24) is 4.90 Å². The predicted octanol–water partition coefficient (Wildman–Crippen LogP) is 3.60. The molecule has 2 rings (SSSR count). The Kier molecular flexibility index (Phi) is 6.65. The Morgan fingerprint density at radius 1 is 0.864 bits per heavy atom. The molecule has 0 saturated carbocycles. The van der Waals surface area contributed by atoms with E-state index in [0.29, 0.717) is 6.42 Å². The summed E-state index contributed by atoms with van der Waals surface area (Å²) in [4.78, 5) is 13.0. The lowest BCUT2D eigenvalue weighted by Crippen LogP contribution is -2.27. The molecule has 0 amide bonds. The molecule has 0 aliphatic rings. The summed E-state index contributed by atoms with van der Waals surface area (Å²) in [7, 11) is 0. The van der Waals surface area contributed by atoms with E-state index >= 15 is 0 Å². The van der Waals surface area contributed by atoms with Crippen molar-refractivity contribution in [2.24, 2.45) is 0 Å². The number of carbonyl (C=O) groups is 1. The maximum atomic E-state index is 10.7. The Hall–Kier alpha value is -2.13. The van der Waals surface area contributed by atoms with Gasteiger partial charge in [0.25, 0.3) is 0 Å². The molecule has 2 aromatic carbocycles. The molecule has 2 aromatic rings. The van der Waals surface area contributed by atoms with Gasteiger partial charge in [-0.1, -0.05) is 60.7 Å². The highest BCUT2D eigenvalue weighted by atomic mass is 16.4. The van der Waals surface area contributed by atoms with Crippen LogP contribution in [0.2, 0.25) is 0 Å². The Labute approximate surface area is 132 Å². The third-order valence-corrected chi connectivity index (χ3v) is 3.67. The first kappa shape index (κ1) is 16.2. The fraction of sp³-hybridized carbons (Fsp3) is 0.316. The van der Waals surface area contributed by atoms with Crippen LogP contribution in [0.4, 0.5) is 0 Å². The van der Waals surface area contributed by atoms with Gasteiger partial charge in [0.1, 0.15) is 0 Å². The van der Waals surface area contributed by atoms with Gasteiger partial charge in [0.05, 0.1) is 0 Å². The number of benzene rings is 2. The number of hydrogen-bond acceptors (Lipinski definition) is 2. The van der Waals surface area contributed by atoms with Crippen molar-refractivity contribution >= 4 is 5.97 Å². The summed E-state index contributed by atoms with van der Waals surface area (Å²) in [6.45, 7) is 2.62. The van der Waals surface area contributed by atoms with E-state index < -0.39 is 5.97 Å². The van der Waals surface area contributed by atoms with Gasteiger partial charge < -0.3 is 5.11 Å². The van der Waals surface area contributed by atoms with Crippen LogP contribution in [-0.4, -0.2) is 29.1 Å². The minimum Gasteiger partial charge on any atom is -0.481 e. The molecule has 0 atom stereocenters. The summed E-state index contributed by atoms with van der Waals surface area (Å²) in [6, 6.07) is 20.8. The van der Waals surface area contributed by atoms with Crippen LogP contribution in [0.3, 0.4) is 0 Å². The van der Waals surface area contributed by atoms with Crippen LogP contribution in [0, 0.1) is 0 Å². The summed E-state index contributed by atoms with van der Waals surface area (Å²) in [5, 5.41) is 8.81. The lowest BCUT2D eigenvalue weighted by Gasteiger charge is -2.22. The second kappa shape index (κ2) is 9.00. The highest BCUT2D eigenvalue weighted by Gasteiger charge is 2.07. The lowest BCUT2D eigenvalue weighted by molar-refractivity contribution is -0.137. The minimum atomic E-state index is -0.720. The number of carboxylic acids is 1. The predicted molar refractivity (Wildman–Crippen MR) is 88.7 cm³/mol. The molecule has 116 valence electrons. The van der Waals surface area contributed by atoms with E-state index in [-0.39, 0.29) is 6.42 Å². The molecule has 0 aliphatic carbocycles. The average Bonchev–Trinajstić information content (AvgIpc) is 2.54. The van der Waals surface area contributed by atoms with E-state index in [1.807, 2.05) is 24.3 Å². The van der Waals surface area contributed by atoms with Crippen molar-refractivity contribution in [2.45, 2.75) is 25.8 Å². The maximum absolute atomic E-state index is 10.7. The van der Waals surface area contributed by atoms with Gasteiger partial charge in [-0.15, -0.1) is 0 Å². The van der Waals surface area contributed by atoms with Crippen LogP contribution in [0.25, 0.3) is 0 Å². The van der Waals surface area contributed by atoms with E-state index in [0.717, 1.165) is 26.1 Å². The van der Waals surface area contributed by atoms with E-state index in [2.05, 4.69) is 41.3 Å². The van der Waals surface area contributed by atoms with Gasteiger partial charge in [0, 0.05) is 19.5 Å². The fourth-order valence-electron chi connectivity index (χ4n) is 2.50. The lowest BCUT2D eigenvalue weighted by atomic mass is 10.1. The monoisotopic (exact) mass is 297 g/mol. The molecule has 0 aromatic heterocycles. The molecule has 0 bridgehead atoms. The number of rotatable bonds is 9. The standard InChI is InChI=1S/C19H23NO2/c21-19(22)12-7-14-20(16-18-10-5-2-6-11-18)15-13-17-8-3-1-4-9-17/h1-6,8-11H,7,12-16H2,(H,21,22). The molecule has 1 N–H and O–H groups in total. The molecule has 0 unspecified atom stereocenters. The smallest absolute Gasteiger partial charge is 0.303 e. The molecule has 0 aliphatic heterocycles. The van der Waals surface area contributed by atoms with E-state index in [1.54, 1.807) is 0 Å². The van der Waals surface area contributed by atoms with Gasteiger partial charge in [0.2, 0.25) is 0 Å². The second-order valence-electron chi connectivity index (χ2n) is 5.49. The van der Waals surface area contributed by atoms with Gasteiger partial charge in [-0.2, -0.15) is 0 Å². The Morgan fingerprint density at radius 2 is 1.45 bits per heavy atom. The Bertz CT molecular complexity index is 554. The molecular weight excluding hydrogens is 274 g/mol. The van der Waals surface area contributed by atoms with Crippen molar-refractivity contribution in [3.63, 3.8) is 0 Å². The number of carboxylic acid groups (broad SMARTS) is 1. The molecule has 0 saturated heterocycles. The van der Waals surface area contributed by atoms with Crippen LogP contribution in [0.15, 0.2) is 60.7 Å². The summed E-state index contributed by atoms with van der Waals surface area (Å²) in [5.74, 6) is -0.720. The van der Waals surface area contributed by atoms with Gasteiger partial charge in [-0.3, -0.25) is 9.69 Å². The van der Waals surface area contributed by atoms with Crippen LogP contribution in [0.1, 0.15) is 24.0 Å². The van der Waals surface area contributed by atoms with Crippen molar-refractivity contribution in [3.05, 3.63) is 71.8 Å². The fourth-order valence-corrected chi connectivity index (χ4v) is 2.50. The van der Waals surface area contributed by atoms with Crippen molar-refractivity contribution in [3.8, 4) is 0 Å². The maximum Gasteiger partial charge on any atom is 0.303 e. The second-order valence-corrected chi connectivity index (χ2v) is 5.49. The van der Waals surface area contributed by atoms with E-state index in [1.165, 1.54) is 11.1 Å². The van der Waals surface area contributed by atoms with Gasteiger partial charge in [-0.05, 0) is 30.5 Å². The van der Waals surface area contributed by atoms with Crippen LogP contribution < -0.4 is 0 Å². The largest absolute Gasteiger partial charge is 0.481 e. The van der Waals surface area contributed by atoms with E-state index in [9.17, 15) is 4.79 Å². The topological polar surface area (TPSA) is 40.5 Å². The molecule has 0 spiro atoms. The van der Waals surface area contributed by atoms with Crippen LogP contribution >= 0.6 is 0 Å². The third kappa shape index (κ3) is 6.10. The number of hydrogen-bond donors (Lipinski definition) is 1. The molecule has 3 heteroatoms. The minimum absolute atomic E-state index is 0.233. The quantitative estimate of drug-likeness (QED) is 0.769. The van der Waals surface area contributed by atoms with E-state index in [4.69, 9.17) is 5.11 Å². The first-order valence-corrected chi connectivity index (χ1v) is 7.76. The van der Waals surface area contributed by atoms with Crippen molar-refractivity contribution in [1.29, 1.82) is 0 Å². The average molecular weight is 297 g/mol. The van der Waals surface area contributed by atoms with Gasteiger partial charge >= 0.3 is 5.97 Å². The highest BCUT2D eigenvalue weighted by molar-refractivity contribution is 5.66.